The Morgan fingerprint density at radius 2 is 2.00 bits per heavy atom. The molecule has 0 saturated heterocycles. The molecule has 0 bridgehead atoms. The molecule has 0 fully saturated rings. The van der Waals surface area contributed by atoms with Gasteiger partial charge in [-0.25, -0.2) is 9.98 Å². The van der Waals surface area contributed by atoms with Gasteiger partial charge in [0.2, 0.25) is 5.88 Å². The normalized spacial score (nSPS) is 13.6. The quantitative estimate of drug-likeness (QED) is 0.328. The second-order valence-corrected chi connectivity index (χ2v) is 7.96. The molecule has 0 amide bonds. The molecule has 1 aromatic heterocycles. The summed E-state index contributed by atoms with van der Waals surface area (Å²) in [5.41, 5.74) is 1.87. The van der Waals surface area contributed by atoms with Crippen LogP contribution >= 0.6 is 0 Å². The summed E-state index contributed by atoms with van der Waals surface area (Å²) >= 11 is 0. The zero-order chi connectivity index (χ0) is 22.6. The van der Waals surface area contributed by atoms with Gasteiger partial charge in [-0.15, -0.1) is 0 Å². The van der Waals surface area contributed by atoms with Crippen LogP contribution < -0.4 is 24.8 Å². The molecular formula is C24H34N4O4. The summed E-state index contributed by atoms with van der Waals surface area (Å²) in [4.78, 5) is 8.97. The van der Waals surface area contributed by atoms with Crippen molar-refractivity contribution in [1.82, 2.24) is 10.3 Å². The third-order valence-corrected chi connectivity index (χ3v) is 4.65. The highest BCUT2D eigenvalue weighted by atomic mass is 16.5. The molecule has 0 aliphatic carbocycles. The van der Waals surface area contributed by atoms with Crippen LogP contribution in [0.1, 0.15) is 32.3 Å². The zero-order valence-corrected chi connectivity index (χ0v) is 19.2. The molecule has 1 aliphatic rings. The number of aromatic nitrogens is 1. The van der Waals surface area contributed by atoms with Crippen LogP contribution in [0.25, 0.3) is 0 Å². The summed E-state index contributed by atoms with van der Waals surface area (Å²) < 4.78 is 22.3. The summed E-state index contributed by atoms with van der Waals surface area (Å²) in [7, 11) is 1.60. The Labute approximate surface area is 190 Å². The van der Waals surface area contributed by atoms with Crippen molar-refractivity contribution in [1.29, 1.82) is 0 Å². The number of nitrogens with one attached hydrogen (secondary N) is 2. The van der Waals surface area contributed by atoms with E-state index in [1.165, 1.54) is 0 Å². The lowest BCUT2D eigenvalue weighted by atomic mass is 10.2. The minimum Gasteiger partial charge on any atom is -0.490 e. The number of pyridine rings is 1. The van der Waals surface area contributed by atoms with E-state index in [1.54, 1.807) is 13.3 Å². The van der Waals surface area contributed by atoms with Gasteiger partial charge in [-0.05, 0) is 30.0 Å². The molecule has 0 saturated carbocycles. The SMILES string of the molecule is COc1ccc(CN=C(NCCCOCC(C)C)Nc2ccc3c(c2)OCCCO3)cn1. The predicted octanol–water partition coefficient (Wildman–Crippen LogP) is 3.87. The van der Waals surface area contributed by atoms with Crippen LogP contribution in [0.15, 0.2) is 41.5 Å². The van der Waals surface area contributed by atoms with E-state index >= 15 is 0 Å². The van der Waals surface area contributed by atoms with E-state index in [0.29, 0.717) is 44.1 Å². The Morgan fingerprint density at radius 3 is 2.75 bits per heavy atom. The molecule has 32 heavy (non-hydrogen) atoms. The van der Waals surface area contributed by atoms with Gasteiger partial charge in [-0.1, -0.05) is 19.9 Å². The van der Waals surface area contributed by atoms with Gasteiger partial charge >= 0.3 is 0 Å². The number of methoxy groups -OCH3 is 1. The maximum Gasteiger partial charge on any atom is 0.212 e. The molecule has 1 aliphatic heterocycles. The van der Waals surface area contributed by atoms with Crippen LogP contribution in [0.3, 0.4) is 0 Å². The van der Waals surface area contributed by atoms with Crippen molar-refractivity contribution >= 4 is 11.6 Å². The van der Waals surface area contributed by atoms with Crippen LogP contribution in [0.5, 0.6) is 17.4 Å². The average Bonchev–Trinajstić information content (AvgIpc) is 3.04. The van der Waals surface area contributed by atoms with Gasteiger partial charge in [-0.2, -0.15) is 0 Å². The van der Waals surface area contributed by atoms with E-state index in [-0.39, 0.29) is 0 Å². The minimum atomic E-state index is 0.487. The van der Waals surface area contributed by atoms with Gasteiger partial charge in [0, 0.05) is 50.2 Å². The highest BCUT2D eigenvalue weighted by Gasteiger charge is 2.11. The first-order chi connectivity index (χ1) is 15.6. The van der Waals surface area contributed by atoms with Gasteiger partial charge in [-0.3, -0.25) is 0 Å². The van der Waals surface area contributed by atoms with E-state index < -0.39 is 0 Å². The number of nitrogens with zero attached hydrogens (tertiary/aromatic N) is 2. The van der Waals surface area contributed by atoms with Crippen LogP contribution in [-0.2, 0) is 11.3 Å². The Balaban J connectivity index is 1.63. The molecule has 0 unspecified atom stereocenters. The van der Waals surface area contributed by atoms with E-state index in [0.717, 1.165) is 48.7 Å². The fourth-order valence-corrected chi connectivity index (χ4v) is 3.01. The van der Waals surface area contributed by atoms with Gasteiger partial charge in [0.1, 0.15) is 0 Å². The fraction of sp³-hybridized carbons (Fsp3) is 0.500. The third-order valence-electron chi connectivity index (χ3n) is 4.65. The molecule has 2 aromatic rings. The highest BCUT2D eigenvalue weighted by molar-refractivity contribution is 5.93. The molecule has 2 N–H and O–H groups in total. The molecule has 0 spiro atoms. The van der Waals surface area contributed by atoms with Gasteiger partial charge in [0.25, 0.3) is 0 Å². The van der Waals surface area contributed by atoms with Gasteiger partial charge in [0.15, 0.2) is 17.5 Å². The Kier molecular flexibility index (Phi) is 9.43. The highest BCUT2D eigenvalue weighted by Crippen LogP contribution is 2.32. The molecule has 8 heteroatoms. The van der Waals surface area contributed by atoms with E-state index in [2.05, 4.69) is 29.5 Å². The summed E-state index contributed by atoms with van der Waals surface area (Å²) in [6, 6.07) is 9.62. The number of hydrogen-bond acceptors (Lipinski definition) is 6. The first-order valence-corrected chi connectivity index (χ1v) is 11.2. The topological polar surface area (TPSA) is 86.2 Å². The van der Waals surface area contributed by atoms with Crippen LogP contribution in [0.4, 0.5) is 5.69 Å². The maximum absolute atomic E-state index is 5.80. The predicted molar refractivity (Wildman–Crippen MR) is 126 cm³/mol. The van der Waals surface area contributed by atoms with Crippen molar-refractivity contribution in [3.05, 3.63) is 42.1 Å². The second-order valence-electron chi connectivity index (χ2n) is 7.96. The van der Waals surface area contributed by atoms with E-state index in [1.807, 2.05) is 30.3 Å². The molecule has 0 radical (unpaired) electrons. The Bertz CT molecular complexity index is 856. The summed E-state index contributed by atoms with van der Waals surface area (Å²) in [5, 5.41) is 6.75. The van der Waals surface area contributed by atoms with Crippen molar-refractivity contribution in [2.24, 2.45) is 10.9 Å². The number of anilines is 1. The van der Waals surface area contributed by atoms with Crippen LogP contribution in [0.2, 0.25) is 0 Å². The fourth-order valence-electron chi connectivity index (χ4n) is 3.01. The number of fused-ring (bicyclic) bond motifs is 1. The number of hydrogen-bond donors (Lipinski definition) is 2. The van der Waals surface area contributed by atoms with Crippen molar-refractivity contribution in [3.63, 3.8) is 0 Å². The van der Waals surface area contributed by atoms with Crippen molar-refractivity contribution in [2.75, 3.05) is 45.4 Å². The molecule has 0 atom stereocenters. The summed E-state index contributed by atoms with van der Waals surface area (Å²) in [6.45, 7) is 8.34. The molecular weight excluding hydrogens is 408 g/mol. The van der Waals surface area contributed by atoms with Crippen molar-refractivity contribution < 1.29 is 18.9 Å². The largest absolute Gasteiger partial charge is 0.490 e. The molecule has 1 aromatic carbocycles. The van der Waals surface area contributed by atoms with Crippen LogP contribution in [0, 0.1) is 5.92 Å². The van der Waals surface area contributed by atoms with E-state index in [4.69, 9.17) is 23.9 Å². The molecule has 3 rings (SSSR count). The lowest BCUT2D eigenvalue weighted by Gasteiger charge is -2.15. The van der Waals surface area contributed by atoms with Gasteiger partial charge in [0.05, 0.1) is 26.9 Å². The Hall–Kier alpha value is -3.00. The number of guanidine groups is 1. The van der Waals surface area contributed by atoms with Crippen LogP contribution in [-0.4, -0.2) is 51.0 Å². The van der Waals surface area contributed by atoms with E-state index in [9.17, 15) is 0 Å². The number of aliphatic imine (C=N–C) groups is 1. The first kappa shape index (κ1) is 23.7. The minimum absolute atomic E-state index is 0.487. The number of rotatable bonds is 10. The van der Waals surface area contributed by atoms with Crippen molar-refractivity contribution in [2.45, 2.75) is 33.2 Å². The smallest absolute Gasteiger partial charge is 0.212 e. The lowest BCUT2D eigenvalue weighted by Crippen LogP contribution is -2.32. The summed E-state index contributed by atoms with van der Waals surface area (Å²) in [6.07, 6.45) is 3.53. The Morgan fingerprint density at radius 1 is 1.16 bits per heavy atom. The summed E-state index contributed by atoms with van der Waals surface area (Å²) in [5.74, 6) is 3.32. The van der Waals surface area contributed by atoms with Crippen molar-refractivity contribution in [3.8, 4) is 17.4 Å². The third kappa shape index (κ3) is 7.92. The lowest BCUT2D eigenvalue weighted by molar-refractivity contribution is 0.108. The number of benzene rings is 1. The monoisotopic (exact) mass is 442 g/mol. The first-order valence-electron chi connectivity index (χ1n) is 11.2. The average molecular weight is 443 g/mol. The number of ether oxygens (including phenoxy) is 4. The maximum atomic E-state index is 5.80. The molecule has 8 nitrogen and oxygen atoms in total. The molecule has 2 heterocycles. The standard InChI is InChI=1S/C24H34N4O4/c1-18(2)17-30-11-4-10-25-24(27-16-19-6-9-23(29-3)26-15-19)28-20-7-8-21-22(14-20)32-13-5-12-31-21/h6-9,14-15,18H,4-5,10-13,16-17H2,1-3H3,(H2,25,27,28). The zero-order valence-electron chi connectivity index (χ0n) is 19.2. The molecule has 174 valence electrons. The van der Waals surface area contributed by atoms with Gasteiger partial charge < -0.3 is 29.6 Å². The second kappa shape index (κ2) is 12.8.